The van der Waals surface area contributed by atoms with Crippen LogP contribution in [0.2, 0.25) is 5.02 Å². The minimum atomic E-state index is -0.362. The topological polar surface area (TPSA) is 30.0 Å². The molecule has 1 fully saturated rings. The highest BCUT2D eigenvalue weighted by molar-refractivity contribution is 6.30. The van der Waals surface area contributed by atoms with Gasteiger partial charge < -0.3 is 0 Å². The standard InChI is InChI=1S/C15H12ClNO/c16-12-6-4-11(5-7-12)15(8-9-15)14(18)13-3-1-2-10-17-13/h1-7,10H,8-9H2. The molecule has 90 valence electrons. The van der Waals surface area contributed by atoms with Gasteiger partial charge in [0, 0.05) is 11.2 Å². The Morgan fingerprint density at radius 1 is 1.11 bits per heavy atom. The molecule has 0 radical (unpaired) electrons. The first-order valence-corrected chi connectivity index (χ1v) is 6.32. The Morgan fingerprint density at radius 3 is 2.39 bits per heavy atom. The van der Waals surface area contributed by atoms with Crippen molar-refractivity contribution in [3.05, 3.63) is 64.9 Å². The quantitative estimate of drug-likeness (QED) is 0.786. The highest BCUT2D eigenvalue weighted by Gasteiger charge is 2.51. The van der Waals surface area contributed by atoms with Gasteiger partial charge in [0.25, 0.3) is 0 Å². The van der Waals surface area contributed by atoms with Crippen LogP contribution in [0.4, 0.5) is 0 Å². The van der Waals surface area contributed by atoms with E-state index in [1.807, 2.05) is 36.4 Å². The second-order valence-corrected chi connectivity index (χ2v) is 5.07. The van der Waals surface area contributed by atoms with E-state index in [1.165, 1.54) is 0 Å². The molecule has 0 N–H and O–H groups in total. The zero-order valence-corrected chi connectivity index (χ0v) is 10.5. The van der Waals surface area contributed by atoms with Crippen LogP contribution in [0.3, 0.4) is 0 Å². The zero-order valence-electron chi connectivity index (χ0n) is 9.77. The number of pyridine rings is 1. The third-order valence-electron chi connectivity index (χ3n) is 3.48. The second kappa shape index (κ2) is 4.21. The molecule has 1 aromatic heterocycles. The molecular weight excluding hydrogens is 246 g/mol. The number of hydrogen-bond acceptors (Lipinski definition) is 2. The summed E-state index contributed by atoms with van der Waals surface area (Å²) in [7, 11) is 0. The van der Waals surface area contributed by atoms with Gasteiger partial charge in [0.2, 0.25) is 0 Å². The Kier molecular flexibility index (Phi) is 2.67. The van der Waals surface area contributed by atoms with Crippen molar-refractivity contribution in [2.75, 3.05) is 0 Å². The second-order valence-electron chi connectivity index (χ2n) is 4.63. The van der Waals surface area contributed by atoms with Gasteiger partial charge in [0.15, 0.2) is 5.78 Å². The monoisotopic (exact) mass is 257 g/mol. The van der Waals surface area contributed by atoms with Crippen molar-refractivity contribution in [3.63, 3.8) is 0 Å². The highest BCUT2D eigenvalue weighted by Crippen LogP contribution is 2.50. The Bertz CT molecular complexity index is 573. The number of halogens is 1. The molecule has 0 saturated heterocycles. The summed E-state index contributed by atoms with van der Waals surface area (Å²) < 4.78 is 0. The lowest BCUT2D eigenvalue weighted by molar-refractivity contribution is 0.0941. The molecule has 0 bridgehead atoms. The maximum atomic E-state index is 12.5. The van der Waals surface area contributed by atoms with Crippen LogP contribution in [0.25, 0.3) is 0 Å². The number of hydrogen-bond donors (Lipinski definition) is 0. The van der Waals surface area contributed by atoms with E-state index in [-0.39, 0.29) is 11.2 Å². The smallest absolute Gasteiger partial charge is 0.191 e. The fourth-order valence-corrected chi connectivity index (χ4v) is 2.41. The first kappa shape index (κ1) is 11.4. The molecule has 3 heteroatoms. The number of carbonyl (C=O) groups excluding carboxylic acids is 1. The largest absolute Gasteiger partial charge is 0.291 e. The van der Waals surface area contributed by atoms with E-state index in [9.17, 15) is 4.79 Å². The Morgan fingerprint density at radius 2 is 1.83 bits per heavy atom. The van der Waals surface area contributed by atoms with Crippen molar-refractivity contribution in [1.82, 2.24) is 4.98 Å². The summed E-state index contributed by atoms with van der Waals surface area (Å²) in [6.45, 7) is 0. The van der Waals surface area contributed by atoms with Crippen LogP contribution in [-0.4, -0.2) is 10.8 Å². The molecule has 0 atom stereocenters. The summed E-state index contributed by atoms with van der Waals surface area (Å²) >= 11 is 5.88. The van der Waals surface area contributed by atoms with Crippen molar-refractivity contribution in [2.24, 2.45) is 0 Å². The van der Waals surface area contributed by atoms with Crippen molar-refractivity contribution < 1.29 is 4.79 Å². The number of Topliss-reactive ketones (excluding diaryl/α,β-unsaturated/α-hetero) is 1. The van der Waals surface area contributed by atoms with Gasteiger partial charge in [0.1, 0.15) is 5.69 Å². The van der Waals surface area contributed by atoms with Crippen molar-refractivity contribution in [1.29, 1.82) is 0 Å². The van der Waals surface area contributed by atoms with E-state index in [0.29, 0.717) is 10.7 Å². The maximum Gasteiger partial charge on any atom is 0.191 e. The molecule has 0 unspecified atom stereocenters. The van der Waals surface area contributed by atoms with Gasteiger partial charge in [-0.2, -0.15) is 0 Å². The van der Waals surface area contributed by atoms with E-state index in [2.05, 4.69) is 4.98 Å². The van der Waals surface area contributed by atoms with Crippen LogP contribution < -0.4 is 0 Å². The van der Waals surface area contributed by atoms with E-state index >= 15 is 0 Å². The van der Waals surface area contributed by atoms with Crippen LogP contribution in [0.15, 0.2) is 48.7 Å². The Hall–Kier alpha value is -1.67. The predicted octanol–water partition coefficient (Wildman–Crippen LogP) is 3.65. The lowest BCUT2D eigenvalue weighted by atomic mass is 9.89. The molecule has 1 aromatic carbocycles. The Labute approximate surface area is 111 Å². The number of benzene rings is 1. The summed E-state index contributed by atoms with van der Waals surface area (Å²) in [6.07, 6.45) is 3.44. The van der Waals surface area contributed by atoms with Gasteiger partial charge >= 0.3 is 0 Å². The molecule has 1 heterocycles. The molecule has 1 aliphatic carbocycles. The van der Waals surface area contributed by atoms with E-state index in [0.717, 1.165) is 18.4 Å². The number of carbonyl (C=O) groups is 1. The summed E-state index contributed by atoms with van der Waals surface area (Å²) in [5.74, 6) is 0.116. The van der Waals surface area contributed by atoms with E-state index in [4.69, 9.17) is 11.6 Å². The zero-order chi connectivity index (χ0) is 12.6. The summed E-state index contributed by atoms with van der Waals surface area (Å²) in [4.78, 5) is 16.7. The summed E-state index contributed by atoms with van der Waals surface area (Å²) in [6, 6.07) is 13.0. The lowest BCUT2D eigenvalue weighted by Crippen LogP contribution is -2.21. The SMILES string of the molecule is O=C(c1ccccn1)C1(c2ccc(Cl)cc2)CC1. The lowest BCUT2D eigenvalue weighted by Gasteiger charge is -2.13. The third kappa shape index (κ3) is 1.83. The first-order chi connectivity index (χ1) is 8.72. The molecule has 2 nitrogen and oxygen atoms in total. The maximum absolute atomic E-state index is 12.5. The minimum absolute atomic E-state index is 0.116. The van der Waals surface area contributed by atoms with Crippen molar-refractivity contribution in [2.45, 2.75) is 18.3 Å². The number of nitrogens with zero attached hydrogens (tertiary/aromatic N) is 1. The Balaban J connectivity index is 1.96. The normalized spacial score (nSPS) is 16.3. The molecule has 1 saturated carbocycles. The van der Waals surface area contributed by atoms with Crippen LogP contribution in [-0.2, 0) is 5.41 Å². The molecule has 0 amide bonds. The average Bonchev–Trinajstić information content (AvgIpc) is 3.21. The van der Waals surface area contributed by atoms with Gasteiger partial charge in [-0.25, -0.2) is 0 Å². The average molecular weight is 258 g/mol. The molecule has 0 spiro atoms. The summed E-state index contributed by atoms with van der Waals surface area (Å²) in [5.41, 5.74) is 1.23. The first-order valence-electron chi connectivity index (χ1n) is 5.94. The summed E-state index contributed by atoms with van der Waals surface area (Å²) in [5, 5.41) is 0.694. The molecular formula is C15H12ClNO. The fraction of sp³-hybridized carbons (Fsp3) is 0.200. The minimum Gasteiger partial charge on any atom is -0.291 e. The van der Waals surface area contributed by atoms with Crippen LogP contribution in [0, 0.1) is 0 Å². The van der Waals surface area contributed by atoms with Crippen LogP contribution in [0.1, 0.15) is 28.9 Å². The van der Waals surface area contributed by atoms with Gasteiger partial charge in [-0.1, -0.05) is 29.8 Å². The molecule has 2 aromatic rings. The fourth-order valence-electron chi connectivity index (χ4n) is 2.28. The molecule has 3 rings (SSSR count). The van der Waals surface area contributed by atoms with Crippen LogP contribution in [0.5, 0.6) is 0 Å². The van der Waals surface area contributed by atoms with E-state index in [1.54, 1.807) is 12.3 Å². The van der Waals surface area contributed by atoms with Gasteiger partial charge in [-0.3, -0.25) is 9.78 Å². The van der Waals surface area contributed by atoms with Crippen LogP contribution >= 0.6 is 11.6 Å². The highest BCUT2D eigenvalue weighted by atomic mass is 35.5. The predicted molar refractivity (Wildman–Crippen MR) is 70.9 cm³/mol. The van der Waals surface area contributed by atoms with E-state index < -0.39 is 0 Å². The molecule has 18 heavy (non-hydrogen) atoms. The number of ketones is 1. The van der Waals surface area contributed by atoms with Gasteiger partial charge in [0.05, 0.1) is 5.41 Å². The number of aromatic nitrogens is 1. The number of rotatable bonds is 3. The molecule has 1 aliphatic rings. The molecule has 0 aliphatic heterocycles. The van der Waals surface area contributed by atoms with Crippen molar-refractivity contribution in [3.8, 4) is 0 Å². The van der Waals surface area contributed by atoms with Crippen molar-refractivity contribution >= 4 is 17.4 Å². The third-order valence-corrected chi connectivity index (χ3v) is 3.73. The van der Waals surface area contributed by atoms with Gasteiger partial charge in [-0.15, -0.1) is 0 Å². The van der Waals surface area contributed by atoms with Gasteiger partial charge in [-0.05, 0) is 42.7 Å².